The van der Waals surface area contributed by atoms with Crippen LogP contribution in [0.2, 0.25) is 0 Å². The van der Waals surface area contributed by atoms with E-state index in [1.807, 2.05) is 31.2 Å². The number of hydrogen-bond acceptors (Lipinski definition) is 2. The normalized spacial score (nSPS) is 23.4. The zero-order valence-electron chi connectivity index (χ0n) is 12.1. The zero-order chi connectivity index (χ0) is 13.8. The highest BCUT2D eigenvalue weighted by molar-refractivity contribution is 5.94. The van der Waals surface area contributed by atoms with Gasteiger partial charge in [0, 0.05) is 17.6 Å². The van der Waals surface area contributed by atoms with E-state index in [-0.39, 0.29) is 5.91 Å². The van der Waals surface area contributed by atoms with Crippen LogP contribution in [0, 0.1) is 6.92 Å². The molecule has 0 heterocycles. The van der Waals surface area contributed by atoms with Gasteiger partial charge in [-0.3, -0.25) is 4.79 Å². The number of benzene rings is 1. The highest BCUT2D eigenvalue weighted by atomic mass is 16.1. The van der Waals surface area contributed by atoms with Crippen molar-refractivity contribution in [2.45, 2.75) is 44.7 Å². The van der Waals surface area contributed by atoms with Crippen molar-refractivity contribution in [1.82, 2.24) is 10.2 Å². The monoisotopic (exact) mass is 260 g/mol. The van der Waals surface area contributed by atoms with E-state index in [4.69, 9.17) is 0 Å². The Morgan fingerprint density at radius 1 is 1.11 bits per heavy atom. The summed E-state index contributed by atoms with van der Waals surface area (Å²) < 4.78 is 0. The predicted octanol–water partition coefficient (Wildman–Crippen LogP) is 2.60. The molecular formula is C16H24N2O. The van der Waals surface area contributed by atoms with Gasteiger partial charge in [0.1, 0.15) is 0 Å². The van der Waals surface area contributed by atoms with Crippen LogP contribution in [0.5, 0.6) is 0 Å². The number of rotatable bonds is 3. The van der Waals surface area contributed by atoms with E-state index in [1.165, 1.54) is 18.4 Å². The first-order valence-corrected chi connectivity index (χ1v) is 7.10. The summed E-state index contributed by atoms with van der Waals surface area (Å²) in [7, 11) is 4.27. The summed E-state index contributed by atoms with van der Waals surface area (Å²) in [5, 5.41) is 3.16. The molecule has 0 radical (unpaired) electrons. The number of amides is 1. The fourth-order valence-corrected chi connectivity index (χ4v) is 2.71. The first-order chi connectivity index (χ1) is 9.06. The summed E-state index contributed by atoms with van der Waals surface area (Å²) >= 11 is 0. The van der Waals surface area contributed by atoms with Gasteiger partial charge in [-0.25, -0.2) is 0 Å². The van der Waals surface area contributed by atoms with Gasteiger partial charge in [0.25, 0.3) is 5.91 Å². The van der Waals surface area contributed by atoms with Crippen LogP contribution in [0.25, 0.3) is 0 Å². The Balaban J connectivity index is 1.85. The van der Waals surface area contributed by atoms with Gasteiger partial charge >= 0.3 is 0 Å². The molecule has 0 spiro atoms. The van der Waals surface area contributed by atoms with Gasteiger partial charge in [0.05, 0.1) is 0 Å². The second-order valence-corrected chi connectivity index (χ2v) is 5.81. The second-order valence-electron chi connectivity index (χ2n) is 5.81. The van der Waals surface area contributed by atoms with Crippen LogP contribution < -0.4 is 5.32 Å². The molecule has 19 heavy (non-hydrogen) atoms. The molecule has 1 fully saturated rings. The number of nitrogens with one attached hydrogen (secondary N) is 1. The van der Waals surface area contributed by atoms with Gasteiger partial charge in [0.2, 0.25) is 0 Å². The van der Waals surface area contributed by atoms with E-state index >= 15 is 0 Å². The van der Waals surface area contributed by atoms with Crippen LogP contribution >= 0.6 is 0 Å². The van der Waals surface area contributed by atoms with Gasteiger partial charge in [0.15, 0.2) is 0 Å². The standard InChI is InChI=1S/C16H24N2O/c1-12-4-6-13(7-5-12)16(19)17-14-8-10-15(11-9-14)18(2)3/h4-7,14-15H,8-11H2,1-3H3,(H,17,19). The Hall–Kier alpha value is -1.35. The molecule has 1 aromatic carbocycles. The minimum Gasteiger partial charge on any atom is -0.349 e. The molecule has 3 heteroatoms. The Morgan fingerprint density at radius 2 is 1.68 bits per heavy atom. The van der Waals surface area contributed by atoms with Gasteiger partial charge in [-0.15, -0.1) is 0 Å². The summed E-state index contributed by atoms with van der Waals surface area (Å²) in [6, 6.07) is 8.78. The predicted molar refractivity (Wildman–Crippen MR) is 78.4 cm³/mol. The Bertz CT molecular complexity index is 417. The highest BCUT2D eigenvalue weighted by Gasteiger charge is 2.23. The molecule has 0 atom stereocenters. The van der Waals surface area contributed by atoms with Crippen molar-refractivity contribution in [3.05, 3.63) is 35.4 Å². The highest BCUT2D eigenvalue weighted by Crippen LogP contribution is 2.21. The summed E-state index contributed by atoms with van der Waals surface area (Å²) in [4.78, 5) is 14.4. The molecule has 1 N–H and O–H groups in total. The van der Waals surface area contributed by atoms with Crippen LogP contribution in [-0.2, 0) is 0 Å². The lowest BCUT2D eigenvalue weighted by Gasteiger charge is -2.33. The molecule has 1 aliphatic carbocycles. The van der Waals surface area contributed by atoms with Crippen molar-refractivity contribution in [2.24, 2.45) is 0 Å². The number of carbonyl (C=O) groups excluding carboxylic acids is 1. The molecule has 104 valence electrons. The first-order valence-electron chi connectivity index (χ1n) is 7.10. The molecule has 1 amide bonds. The third-order valence-electron chi connectivity index (χ3n) is 4.08. The average Bonchev–Trinajstić information content (AvgIpc) is 2.40. The van der Waals surface area contributed by atoms with E-state index in [0.29, 0.717) is 12.1 Å². The molecular weight excluding hydrogens is 236 g/mol. The number of carbonyl (C=O) groups is 1. The van der Waals surface area contributed by atoms with Crippen LogP contribution in [0.15, 0.2) is 24.3 Å². The summed E-state index contributed by atoms with van der Waals surface area (Å²) in [6.07, 6.45) is 4.51. The lowest BCUT2D eigenvalue weighted by atomic mass is 9.90. The van der Waals surface area contributed by atoms with Crippen molar-refractivity contribution in [2.75, 3.05) is 14.1 Å². The third-order valence-corrected chi connectivity index (χ3v) is 4.08. The van der Waals surface area contributed by atoms with Crippen LogP contribution in [-0.4, -0.2) is 37.0 Å². The van der Waals surface area contributed by atoms with Crippen LogP contribution in [0.3, 0.4) is 0 Å². The van der Waals surface area contributed by atoms with Crippen LogP contribution in [0.1, 0.15) is 41.6 Å². The Labute approximate surface area is 116 Å². The maximum atomic E-state index is 12.1. The number of hydrogen-bond donors (Lipinski definition) is 1. The molecule has 0 unspecified atom stereocenters. The molecule has 0 aliphatic heterocycles. The van der Waals surface area contributed by atoms with Crippen molar-refractivity contribution in [3.8, 4) is 0 Å². The van der Waals surface area contributed by atoms with E-state index in [0.717, 1.165) is 18.4 Å². The van der Waals surface area contributed by atoms with Crippen molar-refractivity contribution < 1.29 is 4.79 Å². The van der Waals surface area contributed by atoms with Crippen molar-refractivity contribution >= 4 is 5.91 Å². The first kappa shape index (κ1) is 14.1. The molecule has 1 saturated carbocycles. The fourth-order valence-electron chi connectivity index (χ4n) is 2.71. The number of nitrogens with zero attached hydrogens (tertiary/aromatic N) is 1. The quantitative estimate of drug-likeness (QED) is 0.906. The fraction of sp³-hybridized carbons (Fsp3) is 0.562. The maximum absolute atomic E-state index is 12.1. The smallest absolute Gasteiger partial charge is 0.251 e. The summed E-state index contributed by atoms with van der Waals surface area (Å²) in [5.41, 5.74) is 1.95. The Kier molecular flexibility index (Phi) is 4.59. The second kappa shape index (κ2) is 6.20. The average molecular weight is 260 g/mol. The van der Waals surface area contributed by atoms with Crippen LogP contribution in [0.4, 0.5) is 0 Å². The van der Waals surface area contributed by atoms with E-state index in [9.17, 15) is 4.79 Å². The summed E-state index contributed by atoms with van der Waals surface area (Å²) in [5.74, 6) is 0.0632. The largest absolute Gasteiger partial charge is 0.349 e. The minimum atomic E-state index is 0.0632. The third kappa shape index (κ3) is 3.80. The SMILES string of the molecule is Cc1ccc(C(=O)NC2CCC(N(C)C)CC2)cc1. The van der Waals surface area contributed by atoms with Gasteiger partial charge in [-0.1, -0.05) is 17.7 Å². The molecule has 3 nitrogen and oxygen atoms in total. The Morgan fingerprint density at radius 3 is 2.21 bits per heavy atom. The van der Waals surface area contributed by atoms with Gasteiger partial charge in [-0.2, -0.15) is 0 Å². The molecule has 0 bridgehead atoms. The summed E-state index contributed by atoms with van der Waals surface area (Å²) in [6.45, 7) is 2.03. The topological polar surface area (TPSA) is 32.3 Å². The molecule has 0 saturated heterocycles. The lowest BCUT2D eigenvalue weighted by Crippen LogP contribution is -2.41. The lowest BCUT2D eigenvalue weighted by molar-refractivity contribution is 0.0916. The minimum absolute atomic E-state index is 0.0632. The molecule has 1 aliphatic rings. The molecule has 0 aromatic heterocycles. The van der Waals surface area contributed by atoms with Crippen molar-refractivity contribution in [3.63, 3.8) is 0 Å². The van der Waals surface area contributed by atoms with Gasteiger partial charge < -0.3 is 10.2 Å². The molecule has 1 aromatic rings. The van der Waals surface area contributed by atoms with E-state index in [1.54, 1.807) is 0 Å². The number of aryl methyl sites for hydroxylation is 1. The van der Waals surface area contributed by atoms with Gasteiger partial charge in [-0.05, 0) is 58.8 Å². The van der Waals surface area contributed by atoms with E-state index < -0.39 is 0 Å². The zero-order valence-corrected chi connectivity index (χ0v) is 12.1. The molecule has 2 rings (SSSR count). The van der Waals surface area contributed by atoms with Crippen molar-refractivity contribution in [1.29, 1.82) is 0 Å². The maximum Gasteiger partial charge on any atom is 0.251 e. The van der Waals surface area contributed by atoms with E-state index in [2.05, 4.69) is 24.3 Å².